The SMILES string of the molecule is CCn1c(SC(C)C(=O)OC)nc2scc(-c3ccco3)c2c1=O. The Morgan fingerprint density at radius 3 is 2.96 bits per heavy atom. The number of rotatable bonds is 5. The lowest BCUT2D eigenvalue weighted by Crippen LogP contribution is -2.24. The van der Waals surface area contributed by atoms with E-state index in [1.807, 2.05) is 18.4 Å². The average Bonchev–Trinajstić information content (AvgIpc) is 3.23. The van der Waals surface area contributed by atoms with Gasteiger partial charge in [-0.05, 0) is 26.0 Å². The highest BCUT2D eigenvalue weighted by Crippen LogP contribution is 2.33. The fourth-order valence-electron chi connectivity index (χ4n) is 2.36. The quantitative estimate of drug-likeness (QED) is 0.392. The van der Waals surface area contributed by atoms with Gasteiger partial charge in [0.25, 0.3) is 5.56 Å². The average molecular weight is 364 g/mol. The second kappa shape index (κ2) is 6.82. The number of hydrogen-bond donors (Lipinski definition) is 0. The molecule has 126 valence electrons. The molecule has 3 heterocycles. The number of carbonyl (C=O) groups is 1. The van der Waals surface area contributed by atoms with Crippen molar-refractivity contribution in [1.82, 2.24) is 9.55 Å². The number of carbonyl (C=O) groups excluding carboxylic acids is 1. The maximum Gasteiger partial charge on any atom is 0.318 e. The summed E-state index contributed by atoms with van der Waals surface area (Å²) in [5, 5.41) is 2.49. The van der Waals surface area contributed by atoms with Gasteiger partial charge in [0.05, 0.1) is 18.8 Å². The fraction of sp³-hybridized carbons (Fsp3) is 0.312. The van der Waals surface area contributed by atoms with Crippen molar-refractivity contribution >= 4 is 39.3 Å². The number of ether oxygens (including phenoxy) is 1. The van der Waals surface area contributed by atoms with Crippen LogP contribution in [0.4, 0.5) is 0 Å². The number of esters is 1. The van der Waals surface area contributed by atoms with Crippen LogP contribution in [-0.2, 0) is 16.1 Å². The second-order valence-corrected chi connectivity index (χ2v) is 7.20. The largest absolute Gasteiger partial charge is 0.468 e. The highest BCUT2D eigenvalue weighted by Gasteiger charge is 2.22. The van der Waals surface area contributed by atoms with Gasteiger partial charge in [0.2, 0.25) is 0 Å². The molecule has 6 nitrogen and oxygen atoms in total. The van der Waals surface area contributed by atoms with E-state index >= 15 is 0 Å². The molecule has 1 unspecified atom stereocenters. The van der Waals surface area contributed by atoms with Crippen molar-refractivity contribution in [3.63, 3.8) is 0 Å². The molecular formula is C16H16N2O4S2. The van der Waals surface area contributed by atoms with Gasteiger partial charge >= 0.3 is 5.97 Å². The monoisotopic (exact) mass is 364 g/mol. The topological polar surface area (TPSA) is 74.3 Å². The van der Waals surface area contributed by atoms with Gasteiger partial charge < -0.3 is 9.15 Å². The Balaban J connectivity index is 2.13. The van der Waals surface area contributed by atoms with Crippen molar-refractivity contribution in [1.29, 1.82) is 0 Å². The van der Waals surface area contributed by atoms with Crippen LogP contribution >= 0.6 is 23.1 Å². The van der Waals surface area contributed by atoms with E-state index in [0.717, 1.165) is 5.56 Å². The van der Waals surface area contributed by atoms with E-state index in [-0.39, 0.29) is 11.5 Å². The van der Waals surface area contributed by atoms with Crippen molar-refractivity contribution in [2.45, 2.75) is 30.8 Å². The summed E-state index contributed by atoms with van der Waals surface area (Å²) in [6, 6.07) is 3.60. The van der Waals surface area contributed by atoms with E-state index in [2.05, 4.69) is 4.98 Å². The van der Waals surface area contributed by atoms with Crippen LogP contribution in [0.5, 0.6) is 0 Å². The number of thiophene rings is 1. The third kappa shape index (κ3) is 2.87. The number of thioether (sulfide) groups is 1. The third-order valence-electron chi connectivity index (χ3n) is 3.58. The van der Waals surface area contributed by atoms with Crippen LogP contribution in [0.25, 0.3) is 21.5 Å². The van der Waals surface area contributed by atoms with Crippen molar-refractivity contribution < 1.29 is 13.9 Å². The van der Waals surface area contributed by atoms with Gasteiger partial charge in [-0.15, -0.1) is 11.3 Å². The van der Waals surface area contributed by atoms with Gasteiger partial charge in [-0.3, -0.25) is 14.2 Å². The summed E-state index contributed by atoms with van der Waals surface area (Å²) in [7, 11) is 1.35. The zero-order valence-corrected chi connectivity index (χ0v) is 15.1. The molecule has 0 N–H and O–H groups in total. The van der Waals surface area contributed by atoms with Gasteiger partial charge in [-0.25, -0.2) is 4.98 Å². The molecule has 0 saturated carbocycles. The zero-order valence-electron chi connectivity index (χ0n) is 13.4. The van der Waals surface area contributed by atoms with E-state index in [4.69, 9.17) is 9.15 Å². The van der Waals surface area contributed by atoms with Gasteiger partial charge in [0.15, 0.2) is 5.16 Å². The highest BCUT2D eigenvalue weighted by molar-refractivity contribution is 8.00. The normalized spacial score (nSPS) is 12.5. The second-order valence-electron chi connectivity index (χ2n) is 5.03. The van der Waals surface area contributed by atoms with E-state index in [1.165, 1.54) is 30.2 Å². The van der Waals surface area contributed by atoms with E-state index in [0.29, 0.717) is 27.7 Å². The Kier molecular flexibility index (Phi) is 4.77. The number of fused-ring (bicyclic) bond motifs is 1. The number of hydrogen-bond acceptors (Lipinski definition) is 7. The molecule has 8 heteroatoms. The van der Waals surface area contributed by atoms with Gasteiger partial charge in [0.1, 0.15) is 15.8 Å². The summed E-state index contributed by atoms with van der Waals surface area (Å²) < 4.78 is 11.7. The minimum absolute atomic E-state index is 0.130. The number of aromatic nitrogens is 2. The van der Waals surface area contributed by atoms with Crippen LogP contribution in [-0.4, -0.2) is 27.9 Å². The molecule has 0 saturated heterocycles. The van der Waals surface area contributed by atoms with Crippen LogP contribution < -0.4 is 5.56 Å². The Bertz CT molecular complexity index is 928. The smallest absolute Gasteiger partial charge is 0.318 e. The maximum atomic E-state index is 12.9. The summed E-state index contributed by atoms with van der Waals surface area (Å²) in [5.41, 5.74) is 0.618. The van der Waals surface area contributed by atoms with Crippen molar-refractivity contribution in [2.24, 2.45) is 0 Å². The van der Waals surface area contributed by atoms with Gasteiger partial charge in [-0.2, -0.15) is 0 Å². The summed E-state index contributed by atoms with van der Waals surface area (Å²) in [5.74, 6) is 0.297. The molecular weight excluding hydrogens is 348 g/mol. The first-order valence-electron chi connectivity index (χ1n) is 7.37. The Morgan fingerprint density at radius 1 is 1.54 bits per heavy atom. The Labute approximate surface area is 146 Å². The molecule has 0 fully saturated rings. The number of nitrogens with zero attached hydrogens (tertiary/aromatic N) is 2. The molecule has 0 amide bonds. The maximum absolute atomic E-state index is 12.9. The minimum atomic E-state index is -0.443. The first-order valence-corrected chi connectivity index (χ1v) is 9.13. The lowest BCUT2D eigenvalue weighted by Gasteiger charge is -2.13. The molecule has 3 rings (SSSR count). The fourth-order valence-corrected chi connectivity index (χ4v) is 4.33. The Hall–Kier alpha value is -2.06. The first-order chi connectivity index (χ1) is 11.6. The van der Waals surface area contributed by atoms with Crippen molar-refractivity contribution in [3.05, 3.63) is 34.1 Å². The van der Waals surface area contributed by atoms with Crippen molar-refractivity contribution in [3.8, 4) is 11.3 Å². The highest BCUT2D eigenvalue weighted by atomic mass is 32.2. The van der Waals surface area contributed by atoms with E-state index in [1.54, 1.807) is 23.8 Å². The van der Waals surface area contributed by atoms with E-state index < -0.39 is 5.25 Å². The molecule has 0 aliphatic rings. The minimum Gasteiger partial charge on any atom is -0.468 e. The Morgan fingerprint density at radius 2 is 2.33 bits per heavy atom. The van der Waals surface area contributed by atoms with Crippen LogP contribution in [0.1, 0.15) is 13.8 Å². The van der Waals surface area contributed by atoms with Crippen LogP contribution in [0.15, 0.2) is 38.1 Å². The zero-order chi connectivity index (χ0) is 17.3. The summed E-state index contributed by atoms with van der Waals surface area (Å²) in [6.45, 7) is 4.07. The lowest BCUT2D eigenvalue weighted by atomic mass is 10.2. The van der Waals surface area contributed by atoms with Crippen LogP contribution in [0.3, 0.4) is 0 Å². The molecule has 0 aromatic carbocycles. The standard InChI is InChI=1S/C16H16N2O4S2/c1-4-18-14(19)12-10(11-6-5-7-22-11)8-23-13(12)17-16(18)24-9(2)15(20)21-3/h5-9H,4H2,1-3H3. The molecule has 0 bridgehead atoms. The molecule has 3 aromatic rings. The number of furan rings is 1. The lowest BCUT2D eigenvalue weighted by molar-refractivity contribution is -0.139. The first kappa shape index (κ1) is 16.8. The van der Waals surface area contributed by atoms with Gasteiger partial charge in [-0.1, -0.05) is 11.8 Å². The molecule has 0 aliphatic carbocycles. The summed E-state index contributed by atoms with van der Waals surface area (Å²) >= 11 is 2.61. The molecule has 3 aromatic heterocycles. The molecule has 0 spiro atoms. The summed E-state index contributed by atoms with van der Waals surface area (Å²) in [6.07, 6.45) is 1.58. The molecule has 24 heavy (non-hydrogen) atoms. The van der Waals surface area contributed by atoms with Crippen molar-refractivity contribution in [2.75, 3.05) is 7.11 Å². The molecule has 0 aliphatic heterocycles. The van der Waals surface area contributed by atoms with Crippen LogP contribution in [0.2, 0.25) is 0 Å². The molecule has 1 atom stereocenters. The predicted molar refractivity (Wildman–Crippen MR) is 94.6 cm³/mol. The predicted octanol–water partition coefficient (Wildman–Crippen LogP) is 3.39. The van der Waals surface area contributed by atoms with Crippen LogP contribution in [0, 0.1) is 0 Å². The van der Waals surface area contributed by atoms with E-state index in [9.17, 15) is 9.59 Å². The van der Waals surface area contributed by atoms with Gasteiger partial charge in [0, 0.05) is 17.5 Å². The number of methoxy groups -OCH3 is 1. The molecule has 0 radical (unpaired) electrons. The third-order valence-corrected chi connectivity index (χ3v) is 5.52. The summed E-state index contributed by atoms with van der Waals surface area (Å²) in [4.78, 5) is 29.8.